The molecular weight excluding hydrogens is 391 g/mol. The number of nitrogens with zero attached hydrogens (tertiary/aromatic N) is 1. The number of benzene rings is 2. The highest BCUT2D eigenvalue weighted by Crippen LogP contribution is 2.37. The lowest BCUT2D eigenvalue weighted by atomic mass is 9.95. The zero-order valence-corrected chi connectivity index (χ0v) is 17.1. The molecule has 3 rings (SSSR count). The first-order valence-electron chi connectivity index (χ1n) is 9.48. The molecule has 2 aromatic carbocycles. The predicted molar refractivity (Wildman–Crippen MR) is 109 cm³/mol. The Morgan fingerprint density at radius 1 is 1.03 bits per heavy atom. The molecule has 1 heterocycles. The van der Waals surface area contributed by atoms with Crippen molar-refractivity contribution in [3.63, 3.8) is 0 Å². The molecule has 8 heteroatoms. The molecule has 0 spiro atoms. The van der Waals surface area contributed by atoms with Gasteiger partial charge in [-0.05, 0) is 64.1 Å². The van der Waals surface area contributed by atoms with Gasteiger partial charge < -0.3 is 14.8 Å². The fraction of sp³-hybridized carbons (Fsp3) is 0.318. The zero-order chi connectivity index (χ0) is 22.1. The maximum Gasteiger partial charge on any atom is 0.347 e. The monoisotopic (exact) mass is 414 g/mol. The van der Waals surface area contributed by atoms with Gasteiger partial charge in [-0.2, -0.15) is 0 Å². The molecule has 1 aliphatic heterocycles. The number of hydrogen-bond donors (Lipinski definition) is 1. The minimum atomic E-state index is -1.18. The van der Waals surface area contributed by atoms with E-state index in [-0.39, 0.29) is 5.91 Å². The highest BCUT2D eigenvalue weighted by molar-refractivity contribution is 6.15. The number of amides is 2. The van der Waals surface area contributed by atoms with E-state index in [1.165, 1.54) is 43.0 Å². The standard InChI is InChI=1S/C22H23FN2O5/c1-13(30-20(27)14(2)29-16-11-9-15(23)10-12-16)19(26)25-18-8-6-5-7-17(18)24-21(28)22(25,3)4/h5-14H,1-4H3,(H,24,28)/t13-,14+/m1/s1. The topological polar surface area (TPSA) is 84.9 Å². The number of esters is 1. The largest absolute Gasteiger partial charge is 0.479 e. The van der Waals surface area contributed by atoms with Crippen LogP contribution in [-0.4, -0.2) is 35.5 Å². The van der Waals surface area contributed by atoms with Crippen molar-refractivity contribution < 1.29 is 28.2 Å². The van der Waals surface area contributed by atoms with E-state index < -0.39 is 35.4 Å². The number of carbonyl (C=O) groups is 3. The number of anilines is 2. The van der Waals surface area contributed by atoms with Gasteiger partial charge in [0.1, 0.15) is 17.1 Å². The minimum absolute atomic E-state index is 0.294. The number of ether oxygens (including phenoxy) is 2. The lowest BCUT2D eigenvalue weighted by molar-refractivity contribution is -0.160. The van der Waals surface area contributed by atoms with Gasteiger partial charge in [0.25, 0.3) is 5.91 Å². The van der Waals surface area contributed by atoms with Crippen LogP contribution in [0.5, 0.6) is 5.75 Å². The summed E-state index contributed by atoms with van der Waals surface area (Å²) in [5, 5.41) is 2.78. The number of carbonyl (C=O) groups excluding carboxylic acids is 3. The van der Waals surface area contributed by atoms with Crippen LogP contribution >= 0.6 is 0 Å². The first-order valence-corrected chi connectivity index (χ1v) is 9.48. The maximum absolute atomic E-state index is 13.2. The smallest absolute Gasteiger partial charge is 0.347 e. The van der Waals surface area contributed by atoms with Crippen molar-refractivity contribution in [1.29, 1.82) is 0 Å². The van der Waals surface area contributed by atoms with Crippen LogP contribution in [0.3, 0.4) is 0 Å². The Labute approximate surface area is 173 Å². The number of halogens is 1. The molecule has 0 unspecified atom stereocenters. The summed E-state index contributed by atoms with van der Waals surface area (Å²) in [6.07, 6.45) is -2.18. The Bertz CT molecular complexity index is 974. The van der Waals surface area contributed by atoms with Gasteiger partial charge >= 0.3 is 5.97 Å². The molecule has 30 heavy (non-hydrogen) atoms. The van der Waals surface area contributed by atoms with Gasteiger partial charge in [0.05, 0.1) is 11.4 Å². The van der Waals surface area contributed by atoms with Crippen LogP contribution in [0, 0.1) is 5.82 Å². The molecule has 0 aliphatic carbocycles. The van der Waals surface area contributed by atoms with Crippen LogP contribution in [0.25, 0.3) is 0 Å². The van der Waals surface area contributed by atoms with E-state index in [1.54, 1.807) is 38.1 Å². The minimum Gasteiger partial charge on any atom is -0.479 e. The number of nitrogens with one attached hydrogen (secondary N) is 1. The van der Waals surface area contributed by atoms with Crippen LogP contribution in [0.15, 0.2) is 48.5 Å². The van der Waals surface area contributed by atoms with Crippen molar-refractivity contribution in [2.75, 3.05) is 10.2 Å². The van der Waals surface area contributed by atoms with Crippen LogP contribution in [0.4, 0.5) is 15.8 Å². The third-order valence-electron chi connectivity index (χ3n) is 4.83. The first kappa shape index (κ1) is 21.3. The zero-order valence-electron chi connectivity index (χ0n) is 17.1. The molecule has 7 nitrogen and oxygen atoms in total. The molecular formula is C22H23FN2O5. The van der Waals surface area contributed by atoms with E-state index in [0.29, 0.717) is 17.1 Å². The van der Waals surface area contributed by atoms with Crippen molar-refractivity contribution in [3.05, 3.63) is 54.3 Å². The number of para-hydroxylation sites is 2. The Morgan fingerprint density at radius 2 is 1.67 bits per heavy atom. The van der Waals surface area contributed by atoms with Crippen LogP contribution in [0.1, 0.15) is 27.7 Å². The quantitative estimate of drug-likeness (QED) is 0.759. The molecule has 0 fully saturated rings. The highest BCUT2D eigenvalue weighted by Gasteiger charge is 2.45. The van der Waals surface area contributed by atoms with Gasteiger partial charge in [-0.25, -0.2) is 9.18 Å². The molecule has 0 aromatic heterocycles. The second kappa shape index (κ2) is 8.14. The van der Waals surface area contributed by atoms with E-state index in [4.69, 9.17) is 9.47 Å². The van der Waals surface area contributed by atoms with Crippen LogP contribution in [0.2, 0.25) is 0 Å². The van der Waals surface area contributed by atoms with Gasteiger partial charge in [0.15, 0.2) is 12.2 Å². The van der Waals surface area contributed by atoms with Crippen molar-refractivity contribution >= 4 is 29.2 Å². The normalized spacial score (nSPS) is 16.7. The molecule has 1 N–H and O–H groups in total. The molecule has 0 saturated carbocycles. The SMILES string of the molecule is C[C@H](Oc1ccc(F)cc1)C(=O)O[C@H](C)C(=O)N1c2ccccc2NC(=O)C1(C)C. The van der Waals surface area contributed by atoms with Gasteiger partial charge in [-0.15, -0.1) is 0 Å². The summed E-state index contributed by atoms with van der Waals surface area (Å²) < 4.78 is 23.7. The van der Waals surface area contributed by atoms with Gasteiger partial charge in [-0.3, -0.25) is 14.5 Å². The Kier molecular flexibility index (Phi) is 5.78. The van der Waals surface area contributed by atoms with Crippen molar-refractivity contribution in [2.24, 2.45) is 0 Å². The van der Waals surface area contributed by atoms with Crippen LogP contribution in [-0.2, 0) is 19.1 Å². The summed E-state index contributed by atoms with van der Waals surface area (Å²) in [6.45, 7) is 6.14. The summed E-state index contributed by atoms with van der Waals surface area (Å²) in [5.74, 6) is -1.77. The lowest BCUT2D eigenvalue weighted by Gasteiger charge is -2.42. The Balaban J connectivity index is 1.73. The van der Waals surface area contributed by atoms with Gasteiger partial charge in [-0.1, -0.05) is 12.1 Å². The van der Waals surface area contributed by atoms with Crippen molar-refractivity contribution in [3.8, 4) is 5.75 Å². The van der Waals surface area contributed by atoms with Gasteiger partial charge in [0.2, 0.25) is 5.91 Å². The molecule has 2 amide bonds. The third-order valence-corrected chi connectivity index (χ3v) is 4.83. The average molecular weight is 414 g/mol. The molecule has 158 valence electrons. The number of fused-ring (bicyclic) bond motifs is 1. The van der Waals surface area contributed by atoms with E-state index >= 15 is 0 Å². The molecule has 2 atom stereocenters. The third kappa shape index (κ3) is 4.12. The molecule has 2 aromatic rings. The van der Waals surface area contributed by atoms with Crippen molar-refractivity contribution in [1.82, 2.24) is 0 Å². The van der Waals surface area contributed by atoms with E-state index in [2.05, 4.69) is 5.32 Å². The Hall–Kier alpha value is -3.42. The number of hydrogen-bond acceptors (Lipinski definition) is 5. The second-order valence-corrected chi connectivity index (χ2v) is 7.50. The summed E-state index contributed by atoms with van der Waals surface area (Å²) in [7, 11) is 0. The summed E-state index contributed by atoms with van der Waals surface area (Å²) in [5.41, 5.74) is -0.158. The van der Waals surface area contributed by atoms with Crippen molar-refractivity contribution in [2.45, 2.75) is 45.4 Å². The van der Waals surface area contributed by atoms with E-state index in [0.717, 1.165) is 0 Å². The van der Waals surface area contributed by atoms with Crippen LogP contribution < -0.4 is 15.0 Å². The highest BCUT2D eigenvalue weighted by atomic mass is 19.1. The van der Waals surface area contributed by atoms with Gasteiger partial charge in [0, 0.05) is 0 Å². The lowest BCUT2D eigenvalue weighted by Crippen LogP contribution is -2.60. The first-order chi connectivity index (χ1) is 14.1. The molecule has 1 aliphatic rings. The average Bonchev–Trinajstić information content (AvgIpc) is 2.70. The summed E-state index contributed by atoms with van der Waals surface area (Å²) in [6, 6.07) is 12.1. The maximum atomic E-state index is 13.2. The predicted octanol–water partition coefficient (Wildman–Crippen LogP) is 3.29. The molecule has 0 radical (unpaired) electrons. The Morgan fingerprint density at radius 3 is 2.33 bits per heavy atom. The second-order valence-electron chi connectivity index (χ2n) is 7.50. The molecule has 0 bridgehead atoms. The van der Waals surface area contributed by atoms with E-state index in [1.807, 2.05) is 0 Å². The fourth-order valence-electron chi connectivity index (χ4n) is 3.11. The number of rotatable bonds is 5. The molecule has 0 saturated heterocycles. The fourth-order valence-corrected chi connectivity index (χ4v) is 3.11. The van der Waals surface area contributed by atoms with E-state index in [9.17, 15) is 18.8 Å². The summed E-state index contributed by atoms with van der Waals surface area (Å²) in [4.78, 5) is 39.4. The summed E-state index contributed by atoms with van der Waals surface area (Å²) >= 11 is 0.